The molecule has 2 heterocycles. The molecule has 6 aromatic rings. The van der Waals surface area contributed by atoms with Gasteiger partial charge in [-0.1, -0.05) is 71.4 Å². The van der Waals surface area contributed by atoms with Gasteiger partial charge >= 0.3 is 0 Å². The Kier molecular flexibility index (Phi) is 6.26. The van der Waals surface area contributed by atoms with Crippen LogP contribution in [0.3, 0.4) is 0 Å². The van der Waals surface area contributed by atoms with E-state index in [4.69, 9.17) is 26.1 Å². The van der Waals surface area contributed by atoms with Crippen molar-refractivity contribution in [3.63, 3.8) is 0 Å². The zero-order valence-corrected chi connectivity index (χ0v) is 20.9. The first-order chi connectivity index (χ1) is 18.2. The third kappa shape index (κ3) is 4.65. The molecule has 2 aromatic heterocycles. The third-order valence-corrected chi connectivity index (χ3v) is 6.65. The number of ether oxygens (including phenoxy) is 2. The molecular weight excluding hydrogens is 484 g/mol. The maximum Gasteiger partial charge on any atom is 0.119 e. The number of rotatable bonds is 7. The second-order valence-corrected chi connectivity index (χ2v) is 9.08. The number of pyridine rings is 1. The molecule has 0 fully saturated rings. The van der Waals surface area contributed by atoms with Gasteiger partial charge < -0.3 is 9.47 Å². The largest absolute Gasteiger partial charge is 0.497 e. The van der Waals surface area contributed by atoms with Crippen LogP contribution in [0, 0.1) is 0 Å². The Morgan fingerprint density at radius 2 is 1.65 bits per heavy atom. The van der Waals surface area contributed by atoms with Crippen molar-refractivity contribution in [2.75, 3.05) is 7.11 Å². The minimum absolute atomic E-state index is 0.328. The highest BCUT2D eigenvalue weighted by Crippen LogP contribution is 2.33. The number of fused-ring (bicyclic) bond motifs is 3. The van der Waals surface area contributed by atoms with E-state index in [2.05, 4.69) is 40.6 Å². The summed E-state index contributed by atoms with van der Waals surface area (Å²) in [6.07, 6.45) is 1.87. The van der Waals surface area contributed by atoms with Crippen molar-refractivity contribution < 1.29 is 9.47 Å². The summed E-state index contributed by atoms with van der Waals surface area (Å²) in [6, 6.07) is 30.0. The van der Waals surface area contributed by atoms with E-state index >= 15 is 0 Å². The summed E-state index contributed by atoms with van der Waals surface area (Å²) < 4.78 is 13.1. The summed E-state index contributed by atoms with van der Waals surface area (Å²) in [5.41, 5.74) is 5.32. The van der Waals surface area contributed by atoms with E-state index in [0.29, 0.717) is 18.2 Å². The minimum Gasteiger partial charge on any atom is -0.497 e. The number of methoxy groups -OCH3 is 1. The smallest absolute Gasteiger partial charge is 0.119 e. The fraction of sp³-hybridized carbons (Fsp3) is 0.100. The van der Waals surface area contributed by atoms with Crippen LogP contribution in [0.1, 0.15) is 11.3 Å². The number of hydrogen-bond acceptors (Lipinski definition) is 5. The van der Waals surface area contributed by atoms with Crippen LogP contribution in [0.25, 0.3) is 38.6 Å². The van der Waals surface area contributed by atoms with Gasteiger partial charge in [0.2, 0.25) is 0 Å². The second-order valence-electron chi connectivity index (χ2n) is 8.67. The van der Waals surface area contributed by atoms with Crippen LogP contribution in [0.15, 0.2) is 97.2 Å². The lowest BCUT2D eigenvalue weighted by atomic mass is 10.0. The predicted octanol–water partition coefficient (Wildman–Crippen LogP) is 7.01. The first-order valence-corrected chi connectivity index (χ1v) is 12.3. The van der Waals surface area contributed by atoms with Gasteiger partial charge in [-0.15, -0.1) is 5.10 Å². The average Bonchev–Trinajstić information content (AvgIpc) is 3.42. The lowest BCUT2D eigenvalue weighted by Crippen LogP contribution is -1.99. The topological polar surface area (TPSA) is 62.1 Å². The van der Waals surface area contributed by atoms with E-state index < -0.39 is 0 Å². The van der Waals surface area contributed by atoms with Crippen molar-refractivity contribution >= 4 is 33.3 Å². The van der Waals surface area contributed by atoms with E-state index in [0.717, 1.165) is 55.6 Å². The van der Waals surface area contributed by atoms with E-state index in [9.17, 15) is 0 Å². The molecule has 0 saturated heterocycles. The van der Waals surface area contributed by atoms with Gasteiger partial charge in [0.05, 0.1) is 43.4 Å². The first kappa shape index (κ1) is 23.2. The quantitative estimate of drug-likeness (QED) is 0.218. The summed E-state index contributed by atoms with van der Waals surface area (Å²) in [5, 5.41) is 12.5. The molecule has 0 saturated carbocycles. The lowest BCUT2D eigenvalue weighted by molar-refractivity contribution is 0.105. The maximum absolute atomic E-state index is 6.54. The molecule has 0 aliphatic carbocycles. The monoisotopic (exact) mass is 506 g/mol. The highest BCUT2D eigenvalue weighted by atomic mass is 35.5. The Bertz CT molecular complexity index is 1710. The highest BCUT2D eigenvalue weighted by Gasteiger charge is 2.13. The molecule has 0 unspecified atom stereocenters. The zero-order chi connectivity index (χ0) is 25.2. The van der Waals surface area contributed by atoms with Crippen molar-refractivity contribution in [1.29, 1.82) is 0 Å². The molecule has 0 aliphatic heterocycles. The molecule has 0 aliphatic rings. The number of hydrogen-bond donors (Lipinski definition) is 0. The van der Waals surface area contributed by atoms with Crippen LogP contribution in [0.5, 0.6) is 5.75 Å². The second kappa shape index (κ2) is 10.0. The van der Waals surface area contributed by atoms with Crippen LogP contribution in [0.4, 0.5) is 0 Å². The summed E-state index contributed by atoms with van der Waals surface area (Å²) in [4.78, 5) is 5.04. The summed E-state index contributed by atoms with van der Waals surface area (Å²) in [5.74, 6) is 0.793. The zero-order valence-electron chi connectivity index (χ0n) is 20.1. The molecule has 6 nitrogen and oxygen atoms in total. The highest BCUT2D eigenvalue weighted by molar-refractivity contribution is 6.33. The molecule has 4 aromatic carbocycles. The minimum atomic E-state index is 0.328. The van der Waals surface area contributed by atoms with Crippen molar-refractivity contribution in [1.82, 2.24) is 20.0 Å². The molecule has 0 atom stereocenters. The predicted molar refractivity (Wildman–Crippen MR) is 146 cm³/mol. The summed E-state index contributed by atoms with van der Waals surface area (Å²) in [6.45, 7) is 0.721. The Morgan fingerprint density at radius 1 is 0.838 bits per heavy atom. The molecule has 37 heavy (non-hydrogen) atoms. The molecule has 182 valence electrons. The number of benzene rings is 4. The van der Waals surface area contributed by atoms with Crippen molar-refractivity contribution in [2.45, 2.75) is 13.2 Å². The van der Waals surface area contributed by atoms with Crippen LogP contribution in [-0.4, -0.2) is 27.1 Å². The van der Waals surface area contributed by atoms with Gasteiger partial charge in [-0.25, -0.2) is 9.67 Å². The van der Waals surface area contributed by atoms with Crippen molar-refractivity contribution in [2.24, 2.45) is 0 Å². The Balaban J connectivity index is 1.30. The Labute approximate surface area is 219 Å². The number of aromatic nitrogens is 4. The van der Waals surface area contributed by atoms with Crippen LogP contribution in [-0.2, 0) is 18.0 Å². The van der Waals surface area contributed by atoms with Gasteiger partial charge in [-0.3, -0.25) is 0 Å². The standard InChI is InChI=1S/C30H23ClN4O2/c1-36-24-13-11-23(12-14-24)35-17-22(33-34-35)19-37-18-21-16-29(27-8-4-5-9-28(27)31)32-30-25-7-3-2-6-20(25)10-15-26(21)30/h2-17H,18-19H2,1H3. The van der Waals surface area contributed by atoms with Gasteiger partial charge in [-0.2, -0.15) is 0 Å². The third-order valence-electron chi connectivity index (χ3n) is 6.32. The van der Waals surface area contributed by atoms with Crippen LogP contribution >= 0.6 is 11.6 Å². The van der Waals surface area contributed by atoms with Crippen molar-refractivity contribution in [3.05, 3.63) is 113 Å². The number of halogens is 1. The van der Waals surface area contributed by atoms with E-state index in [1.807, 2.05) is 66.9 Å². The first-order valence-electron chi connectivity index (χ1n) is 11.9. The maximum atomic E-state index is 6.54. The normalized spacial score (nSPS) is 11.3. The SMILES string of the molecule is COc1ccc(-n2cc(COCc3cc(-c4ccccc4Cl)nc4c3ccc3ccccc34)nn2)cc1. The Morgan fingerprint density at radius 3 is 2.49 bits per heavy atom. The van der Waals surface area contributed by atoms with E-state index in [-0.39, 0.29) is 0 Å². The van der Waals surface area contributed by atoms with Gasteiger partial charge in [0.1, 0.15) is 11.4 Å². The van der Waals surface area contributed by atoms with Crippen LogP contribution in [0.2, 0.25) is 5.02 Å². The van der Waals surface area contributed by atoms with Crippen molar-refractivity contribution in [3.8, 4) is 22.7 Å². The molecule has 0 amide bonds. The van der Waals surface area contributed by atoms with E-state index in [1.54, 1.807) is 11.8 Å². The van der Waals surface area contributed by atoms with Gasteiger partial charge in [0.15, 0.2) is 0 Å². The lowest BCUT2D eigenvalue weighted by Gasteiger charge is -2.13. The van der Waals surface area contributed by atoms with Crippen LogP contribution < -0.4 is 4.74 Å². The molecule has 7 heteroatoms. The van der Waals surface area contributed by atoms with Gasteiger partial charge in [-0.05, 0) is 47.3 Å². The molecule has 0 bridgehead atoms. The number of nitrogens with zero attached hydrogens (tertiary/aromatic N) is 4. The van der Waals surface area contributed by atoms with Gasteiger partial charge in [0, 0.05) is 21.4 Å². The fourth-order valence-electron chi connectivity index (χ4n) is 4.45. The molecule has 0 spiro atoms. The summed E-state index contributed by atoms with van der Waals surface area (Å²) >= 11 is 6.54. The molecular formula is C30H23ClN4O2. The molecule has 6 rings (SSSR count). The molecule has 0 N–H and O–H groups in total. The summed E-state index contributed by atoms with van der Waals surface area (Å²) in [7, 11) is 1.64. The average molecular weight is 507 g/mol. The molecule has 0 radical (unpaired) electrons. The van der Waals surface area contributed by atoms with Gasteiger partial charge in [0.25, 0.3) is 0 Å². The van der Waals surface area contributed by atoms with E-state index in [1.165, 1.54) is 0 Å². The fourth-order valence-corrected chi connectivity index (χ4v) is 4.68. The Hall–Kier alpha value is -4.26.